The second-order valence-electron chi connectivity index (χ2n) is 4.53. The van der Waals surface area contributed by atoms with Gasteiger partial charge in [0.15, 0.2) is 0 Å². The quantitative estimate of drug-likeness (QED) is 0.833. The topological polar surface area (TPSA) is 36.6 Å². The molecule has 0 amide bonds. The first-order valence-corrected chi connectivity index (χ1v) is 6.26. The van der Waals surface area contributed by atoms with E-state index in [9.17, 15) is 0 Å². The van der Waals surface area contributed by atoms with E-state index in [1.54, 1.807) is 0 Å². The highest BCUT2D eigenvalue weighted by atomic mass is 16.4. The maximum atomic E-state index is 8.95. The molecule has 3 heteroatoms. The lowest BCUT2D eigenvalue weighted by atomic mass is 10.2. The average Bonchev–Trinajstić information content (AvgIpc) is 2.96. The van der Waals surface area contributed by atoms with Crippen molar-refractivity contribution in [3.8, 4) is 0 Å². The largest absolute Gasteiger partial charge is 0.462 e. The monoisotopic (exact) mass is 223 g/mol. The normalized spacial score (nSPS) is 17.4. The molecule has 1 aliphatic carbocycles. The van der Waals surface area contributed by atoms with Crippen molar-refractivity contribution < 1.29 is 9.52 Å². The predicted octanol–water partition coefficient (Wildman–Crippen LogP) is 2.54. The molecule has 16 heavy (non-hydrogen) atoms. The summed E-state index contributed by atoms with van der Waals surface area (Å²) in [5, 5.41) is 8.95. The molecule has 0 aromatic carbocycles. The third-order valence-electron chi connectivity index (χ3n) is 3.48. The Hall–Kier alpha value is -0.800. The zero-order valence-electron chi connectivity index (χ0n) is 9.98. The number of hydrogen-bond donors (Lipinski definition) is 1. The molecule has 2 rings (SSSR count). The van der Waals surface area contributed by atoms with E-state index in [0.29, 0.717) is 5.76 Å². The van der Waals surface area contributed by atoms with Gasteiger partial charge in [0.05, 0.1) is 6.54 Å². The summed E-state index contributed by atoms with van der Waals surface area (Å²) in [6.07, 6.45) is 5.37. The fourth-order valence-electron chi connectivity index (χ4n) is 2.56. The van der Waals surface area contributed by atoms with Crippen LogP contribution in [-0.2, 0) is 13.2 Å². The molecule has 0 spiro atoms. The molecule has 3 nitrogen and oxygen atoms in total. The maximum Gasteiger partial charge on any atom is 0.129 e. The third-order valence-corrected chi connectivity index (χ3v) is 3.48. The van der Waals surface area contributed by atoms with Crippen molar-refractivity contribution in [2.24, 2.45) is 0 Å². The molecule has 1 saturated carbocycles. The van der Waals surface area contributed by atoms with Crippen LogP contribution in [0.1, 0.15) is 44.1 Å². The SMILES string of the molecule is CCN(Cc1ccc(CO)o1)C1CCCC1. The van der Waals surface area contributed by atoms with Gasteiger partial charge < -0.3 is 9.52 Å². The molecule has 1 heterocycles. The Morgan fingerprint density at radius 3 is 2.56 bits per heavy atom. The van der Waals surface area contributed by atoms with Crippen LogP contribution in [0.3, 0.4) is 0 Å². The second kappa shape index (κ2) is 5.51. The Balaban J connectivity index is 1.94. The lowest BCUT2D eigenvalue weighted by Crippen LogP contribution is -2.32. The van der Waals surface area contributed by atoms with Crippen LogP contribution in [0.15, 0.2) is 16.5 Å². The van der Waals surface area contributed by atoms with Gasteiger partial charge in [-0.1, -0.05) is 19.8 Å². The first-order chi connectivity index (χ1) is 7.83. The Morgan fingerprint density at radius 2 is 2.00 bits per heavy atom. The van der Waals surface area contributed by atoms with Crippen LogP contribution in [0.5, 0.6) is 0 Å². The highest BCUT2D eigenvalue weighted by Gasteiger charge is 2.22. The van der Waals surface area contributed by atoms with Gasteiger partial charge in [0.25, 0.3) is 0 Å². The lowest BCUT2D eigenvalue weighted by molar-refractivity contribution is 0.178. The van der Waals surface area contributed by atoms with Crippen LogP contribution in [0.25, 0.3) is 0 Å². The van der Waals surface area contributed by atoms with Crippen molar-refractivity contribution in [3.63, 3.8) is 0 Å². The minimum absolute atomic E-state index is 0.00441. The fraction of sp³-hybridized carbons (Fsp3) is 0.692. The van der Waals surface area contributed by atoms with E-state index in [4.69, 9.17) is 9.52 Å². The van der Waals surface area contributed by atoms with Crippen molar-refractivity contribution in [2.45, 2.75) is 51.8 Å². The van der Waals surface area contributed by atoms with Crippen LogP contribution in [0.4, 0.5) is 0 Å². The van der Waals surface area contributed by atoms with E-state index >= 15 is 0 Å². The van der Waals surface area contributed by atoms with Crippen molar-refractivity contribution in [3.05, 3.63) is 23.7 Å². The van der Waals surface area contributed by atoms with Gasteiger partial charge >= 0.3 is 0 Å². The fourth-order valence-corrected chi connectivity index (χ4v) is 2.56. The molecule has 0 atom stereocenters. The molecule has 1 aromatic rings. The lowest BCUT2D eigenvalue weighted by Gasteiger charge is -2.26. The molecule has 1 aromatic heterocycles. The zero-order chi connectivity index (χ0) is 11.4. The molecule has 0 unspecified atom stereocenters. The second-order valence-corrected chi connectivity index (χ2v) is 4.53. The Kier molecular flexibility index (Phi) is 4.02. The van der Waals surface area contributed by atoms with Crippen LogP contribution in [0.2, 0.25) is 0 Å². The minimum atomic E-state index is -0.00441. The van der Waals surface area contributed by atoms with E-state index in [0.717, 1.165) is 24.9 Å². The first kappa shape index (κ1) is 11.7. The highest BCUT2D eigenvalue weighted by molar-refractivity contribution is 5.06. The van der Waals surface area contributed by atoms with E-state index in [1.165, 1.54) is 25.7 Å². The number of aliphatic hydroxyl groups is 1. The summed E-state index contributed by atoms with van der Waals surface area (Å²) in [6.45, 7) is 4.14. The molecular weight excluding hydrogens is 202 g/mol. The summed E-state index contributed by atoms with van der Waals surface area (Å²) in [5.41, 5.74) is 0. The van der Waals surface area contributed by atoms with Crippen LogP contribution >= 0.6 is 0 Å². The van der Waals surface area contributed by atoms with Gasteiger partial charge in [-0.05, 0) is 31.5 Å². The molecule has 0 saturated heterocycles. The van der Waals surface area contributed by atoms with Crippen molar-refractivity contribution >= 4 is 0 Å². The summed E-state index contributed by atoms with van der Waals surface area (Å²) in [6, 6.07) is 4.56. The molecule has 1 N–H and O–H groups in total. The van der Waals surface area contributed by atoms with E-state index < -0.39 is 0 Å². The van der Waals surface area contributed by atoms with E-state index in [1.807, 2.05) is 12.1 Å². The van der Waals surface area contributed by atoms with Crippen LogP contribution < -0.4 is 0 Å². The van der Waals surface area contributed by atoms with Gasteiger partial charge in [-0.15, -0.1) is 0 Å². The van der Waals surface area contributed by atoms with Gasteiger partial charge in [-0.2, -0.15) is 0 Å². The number of hydrogen-bond acceptors (Lipinski definition) is 3. The standard InChI is InChI=1S/C13H21NO2/c1-2-14(11-5-3-4-6-11)9-12-7-8-13(10-15)16-12/h7-8,11,15H,2-6,9-10H2,1H3. The number of furan rings is 1. The highest BCUT2D eigenvalue weighted by Crippen LogP contribution is 2.25. The zero-order valence-corrected chi connectivity index (χ0v) is 9.98. The number of aliphatic hydroxyl groups excluding tert-OH is 1. The van der Waals surface area contributed by atoms with Gasteiger partial charge in [-0.25, -0.2) is 0 Å². The Morgan fingerprint density at radius 1 is 1.31 bits per heavy atom. The van der Waals surface area contributed by atoms with Crippen molar-refractivity contribution in [1.82, 2.24) is 4.90 Å². The summed E-state index contributed by atoms with van der Waals surface area (Å²) >= 11 is 0. The first-order valence-electron chi connectivity index (χ1n) is 6.26. The Labute approximate surface area is 97.1 Å². The van der Waals surface area contributed by atoms with Crippen molar-refractivity contribution in [1.29, 1.82) is 0 Å². The summed E-state index contributed by atoms with van der Waals surface area (Å²) in [5.74, 6) is 1.63. The van der Waals surface area contributed by atoms with Crippen LogP contribution in [0, 0.1) is 0 Å². The maximum absolute atomic E-state index is 8.95. The predicted molar refractivity (Wildman–Crippen MR) is 63.0 cm³/mol. The summed E-state index contributed by atoms with van der Waals surface area (Å²) in [4.78, 5) is 2.48. The van der Waals surface area contributed by atoms with Crippen molar-refractivity contribution in [2.75, 3.05) is 6.54 Å². The van der Waals surface area contributed by atoms with Crippen LogP contribution in [-0.4, -0.2) is 22.6 Å². The smallest absolute Gasteiger partial charge is 0.129 e. The van der Waals surface area contributed by atoms with Gasteiger partial charge in [0.1, 0.15) is 18.1 Å². The molecule has 0 radical (unpaired) electrons. The molecule has 0 aliphatic heterocycles. The molecular formula is C13H21NO2. The Bertz CT molecular complexity index is 315. The molecule has 1 aliphatic rings. The summed E-state index contributed by atoms with van der Waals surface area (Å²) in [7, 11) is 0. The van der Waals surface area contributed by atoms with E-state index in [-0.39, 0.29) is 6.61 Å². The third kappa shape index (κ3) is 2.66. The molecule has 1 fully saturated rings. The average molecular weight is 223 g/mol. The minimum Gasteiger partial charge on any atom is -0.462 e. The van der Waals surface area contributed by atoms with Gasteiger partial charge in [0, 0.05) is 6.04 Å². The van der Waals surface area contributed by atoms with Gasteiger partial charge in [0.2, 0.25) is 0 Å². The number of nitrogens with zero attached hydrogens (tertiary/aromatic N) is 1. The van der Waals surface area contributed by atoms with Gasteiger partial charge in [-0.3, -0.25) is 4.90 Å². The molecule has 90 valence electrons. The molecule has 0 bridgehead atoms. The number of rotatable bonds is 5. The van der Waals surface area contributed by atoms with E-state index in [2.05, 4.69) is 11.8 Å². The summed E-state index contributed by atoms with van der Waals surface area (Å²) < 4.78 is 5.53.